The molecule has 2 unspecified atom stereocenters. The Bertz CT molecular complexity index is 1340. The van der Waals surface area contributed by atoms with E-state index in [-0.39, 0.29) is 17.1 Å². The Hall–Kier alpha value is -1.91. The van der Waals surface area contributed by atoms with Crippen LogP contribution in [0.25, 0.3) is 11.2 Å². The number of nitrogens with one attached hydrogen (secondary N) is 1. The molecule has 0 radical (unpaired) electrons. The summed E-state index contributed by atoms with van der Waals surface area (Å²) < 4.78 is 49.1. The fourth-order valence-electron chi connectivity index (χ4n) is 3.85. The smallest absolute Gasteiger partial charge is 0.394 e. The van der Waals surface area contributed by atoms with Crippen molar-refractivity contribution in [3.8, 4) is 0 Å². The van der Waals surface area contributed by atoms with Gasteiger partial charge in [-0.15, -0.1) is 0 Å². The Balaban J connectivity index is 1.39. The minimum absolute atomic E-state index is 0.114. The number of ether oxygens (including phenoxy) is 2. The van der Waals surface area contributed by atoms with Crippen molar-refractivity contribution < 1.29 is 72.4 Å². The van der Waals surface area contributed by atoms with Gasteiger partial charge in [0, 0.05) is 0 Å². The van der Waals surface area contributed by atoms with E-state index >= 15 is 0 Å². The van der Waals surface area contributed by atoms with Crippen LogP contribution in [0.15, 0.2) is 11.1 Å². The summed E-state index contributed by atoms with van der Waals surface area (Å²) in [6, 6.07) is 0. The number of aromatic amines is 1. The van der Waals surface area contributed by atoms with Crippen molar-refractivity contribution in [2.24, 2.45) is 0 Å². The molecule has 4 heterocycles. The molecule has 0 bridgehead atoms. The van der Waals surface area contributed by atoms with Crippen LogP contribution in [-0.4, -0.2) is 122 Å². The van der Waals surface area contributed by atoms with E-state index in [1.807, 2.05) is 0 Å². The number of aliphatic hydroxyl groups excluding tert-OH is 6. The third kappa shape index (κ3) is 6.22. The van der Waals surface area contributed by atoms with Crippen LogP contribution < -0.4 is 11.3 Å². The molecule has 0 aromatic carbocycles. The van der Waals surface area contributed by atoms with Gasteiger partial charge in [0.2, 0.25) is 5.95 Å². The average Bonchev–Trinajstić information content (AvgIpc) is 3.38. The Labute approximate surface area is 216 Å². The van der Waals surface area contributed by atoms with E-state index in [1.165, 1.54) is 0 Å². The van der Waals surface area contributed by atoms with Crippen LogP contribution in [0.2, 0.25) is 0 Å². The maximum absolute atomic E-state index is 12.3. The predicted molar refractivity (Wildman–Crippen MR) is 120 cm³/mol. The molecule has 2 aliphatic heterocycles. The van der Waals surface area contributed by atoms with Crippen molar-refractivity contribution in [1.29, 1.82) is 0 Å². The number of hydrogen-bond acceptors (Lipinski definition) is 17. The molecule has 11 atom stereocenters. The van der Waals surface area contributed by atoms with Gasteiger partial charge in [-0.05, 0) is 0 Å². The molecule has 2 aromatic heterocycles. The molecule has 23 heteroatoms. The second-order valence-corrected chi connectivity index (χ2v) is 11.4. The summed E-state index contributed by atoms with van der Waals surface area (Å²) in [7, 11) is -11.1. The molecule has 21 nitrogen and oxygen atoms in total. The highest BCUT2D eigenvalue weighted by Crippen LogP contribution is 2.61. The van der Waals surface area contributed by atoms with Gasteiger partial charge in [0.05, 0.1) is 19.5 Å². The minimum atomic E-state index is -5.60. The maximum Gasteiger partial charge on any atom is 0.483 e. The SMILES string of the molecule is Nc1nc2c(ncn2[C@@H]2O[C@H](COP(=O)(O)OP(=O)(O)O[C@H]3O[C@@H](CO)[C@H](O)[C@@H](O)[C@@H]3O)[C@@H](O)[C@H]2O)c(=O)[nH]1. The molecule has 0 saturated carbocycles. The normalized spacial score (nSPS) is 36.6. The lowest BCUT2D eigenvalue weighted by atomic mass is 10.00. The van der Waals surface area contributed by atoms with Gasteiger partial charge in [-0.1, -0.05) is 0 Å². The van der Waals surface area contributed by atoms with Crippen molar-refractivity contribution in [3.63, 3.8) is 0 Å². The lowest BCUT2D eigenvalue weighted by Crippen LogP contribution is -2.58. The number of phosphoric ester groups is 2. The number of hydrogen-bond donors (Lipinski definition) is 10. The molecule has 2 fully saturated rings. The fraction of sp³-hybridized carbons (Fsp3) is 0.688. The van der Waals surface area contributed by atoms with Crippen LogP contribution in [-0.2, 0) is 32.0 Å². The average molecular weight is 605 g/mol. The van der Waals surface area contributed by atoms with Crippen LogP contribution in [0, 0.1) is 0 Å². The van der Waals surface area contributed by atoms with Crippen LogP contribution in [0.4, 0.5) is 5.95 Å². The lowest BCUT2D eigenvalue weighted by Gasteiger charge is -2.39. The Morgan fingerprint density at radius 1 is 1.00 bits per heavy atom. The number of aromatic nitrogens is 4. The minimum Gasteiger partial charge on any atom is -0.394 e. The molecule has 0 amide bonds. The number of H-pyrrole nitrogens is 1. The predicted octanol–water partition coefficient (Wildman–Crippen LogP) is -4.63. The van der Waals surface area contributed by atoms with Crippen LogP contribution in [0.3, 0.4) is 0 Å². The quantitative estimate of drug-likeness (QED) is 0.120. The van der Waals surface area contributed by atoms with E-state index in [0.717, 1.165) is 10.9 Å². The third-order valence-corrected chi connectivity index (χ3v) is 8.36. The van der Waals surface area contributed by atoms with Gasteiger partial charge < -0.3 is 55.6 Å². The van der Waals surface area contributed by atoms with Gasteiger partial charge in [-0.25, -0.2) is 14.1 Å². The van der Waals surface area contributed by atoms with Gasteiger partial charge in [0.25, 0.3) is 5.56 Å². The number of nitrogen functional groups attached to an aromatic ring is 1. The Morgan fingerprint density at radius 2 is 1.67 bits per heavy atom. The summed E-state index contributed by atoms with van der Waals surface area (Å²) in [5.74, 6) is -0.278. The second kappa shape index (κ2) is 11.2. The zero-order valence-corrected chi connectivity index (χ0v) is 21.1. The zero-order valence-electron chi connectivity index (χ0n) is 19.3. The van der Waals surface area contributed by atoms with Crippen molar-refractivity contribution in [2.45, 2.75) is 55.2 Å². The summed E-state index contributed by atoms with van der Waals surface area (Å²) in [6.45, 7) is -1.89. The Kier molecular flexibility index (Phi) is 8.60. The number of phosphoric acid groups is 2. The number of nitrogens with zero attached hydrogens (tertiary/aromatic N) is 3. The van der Waals surface area contributed by atoms with E-state index in [2.05, 4.69) is 28.3 Å². The summed E-state index contributed by atoms with van der Waals surface area (Å²) in [5, 5.41) is 59.2. The monoisotopic (exact) mass is 605 g/mol. The molecule has 0 aliphatic carbocycles. The molecule has 2 aliphatic rings. The molecule has 4 rings (SSSR count). The first-order valence-corrected chi connectivity index (χ1v) is 13.9. The highest BCUT2D eigenvalue weighted by molar-refractivity contribution is 7.61. The molecule has 2 saturated heterocycles. The Morgan fingerprint density at radius 3 is 2.33 bits per heavy atom. The highest BCUT2D eigenvalue weighted by atomic mass is 31.3. The van der Waals surface area contributed by atoms with E-state index in [4.69, 9.17) is 20.3 Å². The maximum atomic E-state index is 12.3. The number of nitrogens with two attached hydrogens (primary N) is 1. The molecule has 0 spiro atoms. The number of aliphatic hydroxyl groups is 6. The van der Waals surface area contributed by atoms with Crippen molar-refractivity contribution in [1.82, 2.24) is 19.5 Å². The molecule has 11 N–H and O–H groups in total. The number of rotatable bonds is 9. The molecular formula is C16H25N5O16P2. The number of fused-ring (bicyclic) bond motifs is 1. The van der Waals surface area contributed by atoms with Crippen molar-refractivity contribution in [3.05, 3.63) is 16.7 Å². The van der Waals surface area contributed by atoms with Gasteiger partial charge >= 0.3 is 15.6 Å². The standard InChI is InChI=1S/C16H25N5O16P2/c17-16-19-12-6(13(28)20-16)18-3-21(12)14-10(26)8(24)5(34-14)2-33-38(29,30)37-39(31,32)36-15-11(27)9(25)7(23)4(1-22)35-15/h3-5,7-11,14-15,22-27H,1-2H2,(H,29,30)(H,31,32)(H3,17,19,20,28)/t4-,5+,7-,8+,9+,10+,11-,14+,15+/m0/s1. The number of imidazole rings is 1. The summed E-state index contributed by atoms with van der Waals surface area (Å²) in [5.41, 5.74) is 4.54. The summed E-state index contributed by atoms with van der Waals surface area (Å²) in [4.78, 5) is 41.7. The lowest BCUT2D eigenvalue weighted by molar-refractivity contribution is -0.280. The molecular weight excluding hydrogens is 580 g/mol. The summed E-state index contributed by atoms with van der Waals surface area (Å²) >= 11 is 0. The van der Waals surface area contributed by atoms with Crippen molar-refractivity contribution in [2.75, 3.05) is 18.9 Å². The highest BCUT2D eigenvalue weighted by Gasteiger charge is 2.49. The summed E-state index contributed by atoms with van der Waals surface area (Å²) in [6.07, 6.45) is -15.0. The zero-order chi connectivity index (χ0) is 28.9. The fourth-order valence-corrected chi connectivity index (χ4v) is 6.01. The first-order valence-electron chi connectivity index (χ1n) is 10.9. The van der Waals surface area contributed by atoms with E-state index in [1.54, 1.807) is 0 Å². The van der Waals surface area contributed by atoms with Crippen LogP contribution in [0.5, 0.6) is 0 Å². The first kappa shape index (κ1) is 30.1. The van der Waals surface area contributed by atoms with Crippen molar-refractivity contribution >= 4 is 32.8 Å². The third-order valence-electron chi connectivity index (χ3n) is 5.76. The van der Waals surface area contributed by atoms with E-state index < -0.39 is 89.7 Å². The molecule has 39 heavy (non-hydrogen) atoms. The van der Waals surface area contributed by atoms with Gasteiger partial charge in [-0.2, -0.15) is 9.29 Å². The first-order chi connectivity index (χ1) is 18.1. The van der Waals surface area contributed by atoms with Crippen LogP contribution >= 0.6 is 15.6 Å². The topological polar surface area (TPSA) is 332 Å². The molecule has 220 valence electrons. The van der Waals surface area contributed by atoms with Gasteiger partial charge in [0.15, 0.2) is 23.7 Å². The van der Waals surface area contributed by atoms with Gasteiger partial charge in [0.1, 0.15) is 42.7 Å². The molecule has 2 aromatic rings. The van der Waals surface area contributed by atoms with E-state index in [0.29, 0.717) is 0 Å². The van der Waals surface area contributed by atoms with Gasteiger partial charge in [-0.3, -0.25) is 23.4 Å². The van der Waals surface area contributed by atoms with E-state index in [9.17, 15) is 49.2 Å². The second-order valence-electron chi connectivity index (χ2n) is 8.44. The van der Waals surface area contributed by atoms with Crippen LogP contribution in [0.1, 0.15) is 6.23 Å². The number of anilines is 1. The largest absolute Gasteiger partial charge is 0.483 e.